The topological polar surface area (TPSA) is 191 Å². The highest BCUT2D eigenvalue weighted by Crippen LogP contribution is 2.01. The van der Waals surface area contributed by atoms with Crippen LogP contribution in [-0.4, -0.2) is 49.3 Å². The number of nitrogens with two attached hydrogens (primary N) is 3. The van der Waals surface area contributed by atoms with Crippen molar-refractivity contribution < 1.29 is 19.8 Å². The van der Waals surface area contributed by atoms with E-state index in [1.807, 2.05) is 0 Å². The third-order valence-electron chi connectivity index (χ3n) is 1.79. The van der Waals surface area contributed by atoms with Gasteiger partial charge in [0.1, 0.15) is 0 Å². The molecule has 0 aliphatic carbocycles. The first kappa shape index (κ1) is 15.8. The molecule has 0 amide bonds. The summed E-state index contributed by atoms with van der Waals surface area (Å²) in [5.74, 6) is -2.78. The van der Waals surface area contributed by atoms with E-state index >= 15 is 0 Å². The number of aliphatic carboxylic acids is 2. The summed E-state index contributed by atoms with van der Waals surface area (Å²) in [5, 5.41) is 26.8. The van der Waals surface area contributed by atoms with E-state index < -0.39 is 30.1 Å². The van der Waals surface area contributed by atoms with Gasteiger partial charge in [0, 0.05) is 0 Å². The monoisotopic (exact) mass is 258 g/mol. The molecule has 1 aromatic rings. The van der Waals surface area contributed by atoms with Gasteiger partial charge in [-0.25, -0.2) is 4.79 Å². The number of rotatable bonds is 4. The fourth-order valence-electron chi connectivity index (χ4n) is 0.721. The predicted octanol–water partition coefficient (Wildman–Crippen LogP) is -2.64. The molecule has 0 saturated heterocycles. The Hall–Kier alpha value is -2.17. The maximum atomic E-state index is 10.3. The predicted molar refractivity (Wildman–Crippen MR) is 58.8 cm³/mol. The van der Waals surface area contributed by atoms with Crippen molar-refractivity contribution in [1.82, 2.24) is 15.4 Å². The summed E-state index contributed by atoms with van der Waals surface area (Å²) >= 11 is 0. The summed E-state index contributed by atoms with van der Waals surface area (Å²) in [6.45, 7) is 0. The fraction of sp³-hybridized carbons (Fsp3) is 0.375. The van der Waals surface area contributed by atoms with E-state index in [1.165, 1.54) is 0 Å². The van der Waals surface area contributed by atoms with Gasteiger partial charge in [-0.2, -0.15) is 0 Å². The molecule has 8 N–H and O–H groups in total. The number of carboxylic acids is 2. The van der Waals surface area contributed by atoms with Gasteiger partial charge in [0.05, 0.1) is 24.9 Å². The van der Waals surface area contributed by atoms with Gasteiger partial charge in [-0.3, -0.25) is 4.79 Å². The lowest BCUT2D eigenvalue weighted by Gasteiger charge is -2.24. The molecule has 0 saturated carbocycles. The lowest BCUT2D eigenvalue weighted by Crippen LogP contribution is -2.67. The zero-order valence-corrected chi connectivity index (χ0v) is 9.30. The second-order valence-corrected chi connectivity index (χ2v) is 3.25. The molecule has 0 aliphatic rings. The van der Waals surface area contributed by atoms with Gasteiger partial charge in [0.15, 0.2) is 5.66 Å². The largest absolute Gasteiger partial charge is 0.481 e. The molecule has 0 bridgehead atoms. The lowest BCUT2D eigenvalue weighted by atomic mass is 10.0. The van der Waals surface area contributed by atoms with Crippen molar-refractivity contribution >= 4 is 11.9 Å². The number of carboxylic acid groups (broad SMARTS) is 2. The molecule has 1 aromatic heterocycles. The number of nitrogens with zero attached hydrogens (tertiary/aromatic N) is 3. The highest BCUT2D eigenvalue weighted by molar-refractivity contribution is 5.80. The summed E-state index contributed by atoms with van der Waals surface area (Å²) < 4.78 is 0. The average Bonchev–Trinajstić information content (AvgIpc) is 2.31. The number of carbonyl (C=O) groups is 2. The van der Waals surface area contributed by atoms with Crippen molar-refractivity contribution in [3.8, 4) is 0 Å². The average molecular weight is 258 g/mol. The number of aromatic nitrogens is 3. The van der Waals surface area contributed by atoms with Gasteiger partial charge in [-0.1, -0.05) is 0 Å². The Morgan fingerprint density at radius 2 is 1.72 bits per heavy atom. The molecule has 0 fully saturated rings. The zero-order chi connectivity index (χ0) is 14.2. The summed E-state index contributed by atoms with van der Waals surface area (Å²) in [7, 11) is 0. The molecule has 1 heterocycles. The highest BCUT2D eigenvalue weighted by Gasteiger charge is 2.37. The van der Waals surface area contributed by atoms with Crippen LogP contribution in [0.4, 0.5) is 0 Å². The normalized spacial score (nSPS) is 11.9. The van der Waals surface area contributed by atoms with Crippen LogP contribution in [0.2, 0.25) is 0 Å². The van der Waals surface area contributed by atoms with Crippen molar-refractivity contribution in [2.75, 3.05) is 0 Å². The summed E-state index contributed by atoms with van der Waals surface area (Å²) in [6.07, 6.45) is 2.57. The van der Waals surface area contributed by atoms with E-state index in [4.69, 9.17) is 27.4 Å². The molecule has 1 atom stereocenters. The Morgan fingerprint density at radius 3 is 1.94 bits per heavy atom. The van der Waals surface area contributed by atoms with Crippen LogP contribution in [0.25, 0.3) is 0 Å². The molecule has 100 valence electrons. The maximum absolute atomic E-state index is 10.3. The highest BCUT2D eigenvalue weighted by atomic mass is 16.4. The van der Waals surface area contributed by atoms with Crippen molar-refractivity contribution in [3.63, 3.8) is 0 Å². The molecule has 1 unspecified atom stereocenters. The summed E-state index contributed by atoms with van der Waals surface area (Å²) in [5.41, 5.74) is 13.0. The molecule has 10 nitrogen and oxygen atoms in total. The van der Waals surface area contributed by atoms with Gasteiger partial charge in [-0.05, 0) is 11.3 Å². The van der Waals surface area contributed by atoms with Gasteiger partial charge in [0.25, 0.3) is 0 Å². The van der Waals surface area contributed by atoms with Crippen LogP contribution in [0.15, 0.2) is 18.5 Å². The standard InChI is InChI=1S/C5H11N3O4.C3H3N3/c6-2(1-3(9)10)5(7,8)4(11)12;1-2-4-6-5-3-1/h2H,1,6-8H2,(H,9,10)(H,11,12);1-3H. The van der Waals surface area contributed by atoms with E-state index in [-0.39, 0.29) is 0 Å². The number of hydrogen-bond acceptors (Lipinski definition) is 8. The lowest BCUT2D eigenvalue weighted by molar-refractivity contribution is -0.145. The molecule has 0 aliphatic heterocycles. The van der Waals surface area contributed by atoms with Crippen molar-refractivity contribution in [1.29, 1.82) is 0 Å². The Morgan fingerprint density at radius 1 is 1.22 bits per heavy atom. The van der Waals surface area contributed by atoms with Crippen LogP contribution in [0.3, 0.4) is 0 Å². The van der Waals surface area contributed by atoms with Gasteiger partial charge < -0.3 is 27.4 Å². The minimum Gasteiger partial charge on any atom is -0.481 e. The van der Waals surface area contributed by atoms with E-state index in [0.29, 0.717) is 0 Å². The quantitative estimate of drug-likeness (QED) is 0.356. The third-order valence-corrected chi connectivity index (χ3v) is 1.79. The van der Waals surface area contributed by atoms with Gasteiger partial charge >= 0.3 is 11.9 Å². The smallest absolute Gasteiger partial charge is 0.340 e. The van der Waals surface area contributed by atoms with Crippen LogP contribution in [0.1, 0.15) is 6.42 Å². The first-order valence-electron chi connectivity index (χ1n) is 4.65. The van der Waals surface area contributed by atoms with Gasteiger partial charge in [-0.15, -0.1) is 10.2 Å². The van der Waals surface area contributed by atoms with Crippen LogP contribution < -0.4 is 17.2 Å². The molecule has 0 aromatic carbocycles. The minimum atomic E-state index is -2.20. The van der Waals surface area contributed by atoms with Crippen molar-refractivity contribution in [2.24, 2.45) is 17.2 Å². The van der Waals surface area contributed by atoms with E-state index in [9.17, 15) is 9.59 Å². The Labute approximate surface area is 102 Å². The first-order valence-corrected chi connectivity index (χ1v) is 4.65. The van der Waals surface area contributed by atoms with E-state index in [1.54, 1.807) is 18.5 Å². The second-order valence-electron chi connectivity index (χ2n) is 3.25. The molecular weight excluding hydrogens is 244 g/mol. The number of hydrogen-bond donors (Lipinski definition) is 5. The fourth-order valence-corrected chi connectivity index (χ4v) is 0.721. The molecular formula is C8H14N6O4. The SMILES string of the molecule is NC(CC(=O)O)C(N)(N)C(=O)O.c1cnnnc1. The summed E-state index contributed by atoms with van der Waals surface area (Å²) in [4.78, 5) is 20.4. The Balaban J connectivity index is 0.000000397. The van der Waals surface area contributed by atoms with Gasteiger partial charge in [0.2, 0.25) is 0 Å². The van der Waals surface area contributed by atoms with Crippen LogP contribution in [-0.2, 0) is 9.59 Å². The Kier molecular flexibility index (Phi) is 6.34. The Bertz CT molecular complexity index is 358. The third kappa shape index (κ3) is 5.79. The molecule has 0 spiro atoms. The van der Waals surface area contributed by atoms with E-state index in [2.05, 4.69) is 15.4 Å². The second kappa shape index (κ2) is 7.21. The van der Waals surface area contributed by atoms with Crippen LogP contribution >= 0.6 is 0 Å². The van der Waals surface area contributed by atoms with Crippen molar-refractivity contribution in [2.45, 2.75) is 18.1 Å². The molecule has 1 rings (SSSR count). The molecule has 10 heteroatoms. The molecule has 18 heavy (non-hydrogen) atoms. The maximum Gasteiger partial charge on any atom is 0.340 e. The minimum absolute atomic E-state index is 0.584. The molecule has 0 radical (unpaired) electrons. The van der Waals surface area contributed by atoms with Crippen LogP contribution in [0.5, 0.6) is 0 Å². The first-order chi connectivity index (χ1) is 8.28. The summed E-state index contributed by atoms with van der Waals surface area (Å²) in [6, 6.07) is 0.403. The van der Waals surface area contributed by atoms with Crippen molar-refractivity contribution in [3.05, 3.63) is 18.5 Å². The zero-order valence-electron chi connectivity index (χ0n) is 9.30. The van der Waals surface area contributed by atoms with Crippen LogP contribution in [0, 0.1) is 0 Å². The van der Waals surface area contributed by atoms with E-state index in [0.717, 1.165) is 0 Å².